The number of ketones is 1. The number of allylic oxidation sites excluding steroid dienone is 1. The molecule has 0 radical (unpaired) electrons. The van der Waals surface area contributed by atoms with E-state index in [2.05, 4.69) is 4.98 Å². The van der Waals surface area contributed by atoms with Crippen molar-refractivity contribution in [3.05, 3.63) is 105 Å². The molecule has 0 unspecified atom stereocenters. The molecule has 1 aliphatic carbocycles. The lowest BCUT2D eigenvalue weighted by Gasteiger charge is -2.14. The Bertz CT molecular complexity index is 1510. The molecule has 4 aromatic rings. The van der Waals surface area contributed by atoms with Gasteiger partial charge in [-0.05, 0) is 55.0 Å². The van der Waals surface area contributed by atoms with Crippen molar-refractivity contribution in [1.29, 1.82) is 0 Å². The van der Waals surface area contributed by atoms with Crippen LogP contribution < -0.4 is 14.2 Å². The molecule has 5 rings (SSSR count). The van der Waals surface area contributed by atoms with Gasteiger partial charge in [0.1, 0.15) is 30.5 Å². The lowest BCUT2D eigenvalue weighted by Crippen LogP contribution is -2.10. The number of fused-ring (bicyclic) bond motifs is 1. The normalized spacial score (nSPS) is 13.0. The van der Waals surface area contributed by atoms with Crippen molar-refractivity contribution in [2.45, 2.75) is 13.1 Å². The van der Waals surface area contributed by atoms with Crippen LogP contribution >= 0.6 is 11.3 Å². The molecule has 9 heteroatoms. The molecule has 0 fully saturated rings. The van der Waals surface area contributed by atoms with Crippen LogP contribution in [0.2, 0.25) is 0 Å². The predicted molar refractivity (Wildman–Crippen MR) is 139 cm³/mol. The van der Waals surface area contributed by atoms with Crippen LogP contribution in [0.3, 0.4) is 0 Å². The average Bonchev–Trinajstić information content (AvgIpc) is 3.47. The van der Waals surface area contributed by atoms with Gasteiger partial charge in [-0.2, -0.15) is 13.2 Å². The number of methoxy groups -OCH3 is 1. The molecule has 3 aromatic carbocycles. The van der Waals surface area contributed by atoms with Crippen molar-refractivity contribution in [1.82, 2.24) is 4.98 Å². The number of alkyl halides is 3. The number of halogens is 3. The van der Waals surface area contributed by atoms with Gasteiger partial charge in [0.15, 0.2) is 5.78 Å². The molecule has 38 heavy (non-hydrogen) atoms. The molecule has 1 heterocycles. The molecule has 0 N–H and O–H groups in total. The average molecular weight is 538 g/mol. The van der Waals surface area contributed by atoms with Gasteiger partial charge in [-0.25, -0.2) is 4.98 Å². The van der Waals surface area contributed by atoms with Crippen molar-refractivity contribution in [2.75, 3.05) is 20.3 Å². The highest BCUT2D eigenvalue weighted by Crippen LogP contribution is 2.47. The summed E-state index contributed by atoms with van der Waals surface area (Å²) in [6.45, 7) is 2.35. The molecule has 0 bridgehead atoms. The van der Waals surface area contributed by atoms with Crippen LogP contribution in [-0.2, 0) is 6.18 Å². The van der Waals surface area contributed by atoms with Crippen molar-refractivity contribution >= 4 is 28.3 Å². The Morgan fingerprint density at radius 2 is 1.55 bits per heavy atom. The fraction of sp³-hybridized carbons (Fsp3) is 0.172. The molecule has 194 valence electrons. The third-order valence-electron chi connectivity index (χ3n) is 6.15. The predicted octanol–water partition coefficient (Wildman–Crippen LogP) is 7.09. The van der Waals surface area contributed by atoms with E-state index in [0.29, 0.717) is 45.0 Å². The Morgan fingerprint density at radius 1 is 0.868 bits per heavy atom. The monoisotopic (exact) mass is 537 g/mol. The van der Waals surface area contributed by atoms with E-state index >= 15 is 0 Å². The number of thiazole rings is 1. The summed E-state index contributed by atoms with van der Waals surface area (Å²) >= 11 is 1.42. The van der Waals surface area contributed by atoms with Crippen LogP contribution in [0.25, 0.3) is 11.1 Å². The highest BCUT2D eigenvalue weighted by Gasteiger charge is 2.36. The molecular weight excluding hydrogens is 515 g/mol. The highest BCUT2D eigenvalue weighted by molar-refractivity contribution is 7.09. The van der Waals surface area contributed by atoms with E-state index in [1.807, 2.05) is 6.92 Å². The van der Waals surface area contributed by atoms with E-state index in [1.54, 1.807) is 55.1 Å². The number of benzene rings is 3. The lowest BCUT2D eigenvalue weighted by atomic mass is 9.96. The second-order valence-corrected chi connectivity index (χ2v) is 9.52. The molecule has 1 aliphatic rings. The van der Waals surface area contributed by atoms with Crippen molar-refractivity contribution in [3.63, 3.8) is 0 Å². The number of aromatic nitrogens is 1. The van der Waals surface area contributed by atoms with Crippen LogP contribution in [0.5, 0.6) is 17.2 Å². The number of nitrogens with zero attached hydrogens (tertiary/aromatic N) is 1. The Balaban J connectivity index is 1.48. The zero-order chi connectivity index (χ0) is 26.9. The van der Waals surface area contributed by atoms with Gasteiger partial charge in [-0.3, -0.25) is 4.79 Å². The summed E-state index contributed by atoms with van der Waals surface area (Å²) in [6.07, 6.45) is -4.47. The van der Waals surface area contributed by atoms with Gasteiger partial charge in [0.05, 0.1) is 23.9 Å². The van der Waals surface area contributed by atoms with E-state index < -0.39 is 11.7 Å². The topological polar surface area (TPSA) is 57.6 Å². The molecule has 0 atom stereocenters. The molecule has 0 amide bonds. The second-order valence-electron chi connectivity index (χ2n) is 8.46. The summed E-state index contributed by atoms with van der Waals surface area (Å²) in [5.74, 6) is 1.56. The highest BCUT2D eigenvalue weighted by atomic mass is 32.1. The number of carbonyl (C=O) groups is 1. The van der Waals surface area contributed by atoms with Crippen molar-refractivity contribution < 1.29 is 32.2 Å². The van der Waals surface area contributed by atoms with Crippen LogP contribution in [0, 0.1) is 6.92 Å². The van der Waals surface area contributed by atoms with E-state index in [1.165, 1.54) is 23.5 Å². The van der Waals surface area contributed by atoms with Gasteiger partial charge in [-0.15, -0.1) is 11.3 Å². The summed E-state index contributed by atoms with van der Waals surface area (Å²) < 4.78 is 56.5. The third-order valence-corrected chi connectivity index (χ3v) is 6.91. The zero-order valence-corrected chi connectivity index (χ0v) is 21.3. The second kappa shape index (κ2) is 10.3. The van der Waals surface area contributed by atoms with Crippen LogP contribution in [0.1, 0.15) is 37.6 Å². The molecule has 0 saturated carbocycles. The Kier molecular flexibility index (Phi) is 6.94. The number of rotatable bonds is 8. The number of Topliss-reactive ketones (excluding diaryl/α,β-unsaturated/α-hetero) is 1. The minimum absolute atomic E-state index is 0.204. The molecule has 0 aliphatic heterocycles. The minimum Gasteiger partial charge on any atom is -0.497 e. The fourth-order valence-corrected chi connectivity index (χ4v) is 4.92. The van der Waals surface area contributed by atoms with Crippen molar-refractivity contribution in [3.8, 4) is 17.2 Å². The van der Waals surface area contributed by atoms with E-state index in [4.69, 9.17) is 14.2 Å². The number of hydrogen-bond donors (Lipinski definition) is 0. The number of ether oxygens (including phenoxy) is 3. The Labute approximate surface area is 221 Å². The lowest BCUT2D eigenvalue weighted by molar-refractivity contribution is -0.137. The molecular formula is C29H22F3NO4S. The standard InChI is InChI=1S/C29H22F3NO4S/c1-17-27(33-16-38-17)26-24(18-6-8-19(9-7-18)29(30,31)32)28(34)22-4-3-5-23(25(22)26)37-15-14-36-21-12-10-20(35-2)11-13-21/h3-13,16H,14-15H2,1-2H3. The van der Waals surface area contributed by atoms with Gasteiger partial charge in [0, 0.05) is 27.2 Å². The van der Waals surface area contributed by atoms with Gasteiger partial charge in [0.25, 0.3) is 0 Å². The molecule has 1 aromatic heterocycles. The van der Waals surface area contributed by atoms with Crippen molar-refractivity contribution in [2.24, 2.45) is 0 Å². The maximum Gasteiger partial charge on any atom is 0.416 e. The van der Waals surface area contributed by atoms with Crippen LogP contribution in [0.4, 0.5) is 13.2 Å². The van der Waals surface area contributed by atoms with E-state index in [0.717, 1.165) is 22.8 Å². The summed E-state index contributed by atoms with van der Waals surface area (Å²) in [7, 11) is 1.59. The fourth-order valence-electron chi connectivity index (χ4n) is 4.34. The SMILES string of the molecule is COc1ccc(OCCOc2cccc3c2C(c2ncsc2C)=C(c2ccc(C(F)(F)F)cc2)C3=O)cc1. The summed E-state index contributed by atoms with van der Waals surface area (Å²) in [5, 5.41) is 0. The largest absolute Gasteiger partial charge is 0.497 e. The van der Waals surface area contributed by atoms with E-state index in [9.17, 15) is 18.0 Å². The van der Waals surface area contributed by atoms with Crippen LogP contribution in [-0.4, -0.2) is 31.1 Å². The van der Waals surface area contributed by atoms with Crippen LogP contribution in [0.15, 0.2) is 72.2 Å². The number of carbonyl (C=O) groups excluding carboxylic acids is 1. The first kappa shape index (κ1) is 25.5. The minimum atomic E-state index is -4.47. The summed E-state index contributed by atoms with van der Waals surface area (Å²) in [4.78, 5) is 19.0. The number of hydrogen-bond acceptors (Lipinski definition) is 6. The van der Waals surface area contributed by atoms with Gasteiger partial charge < -0.3 is 14.2 Å². The van der Waals surface area contributed by atoms with Gasteiger partial charge in [0.2, 0.25) is 0 Å². The van der Waals surface area contributed by atoms with Gasteiger partial charge in [-0.1, -0.05) is 24.3 Å². The zero-order valence-electron chi connectivity index (χ0n) is 20.5. The molecule has 0 spiro atoms. The summed E-state index contributed by atoms with van der Waals surface area (Å²) in [6, 6.07) is 17.0. The number of aryl methyl sites for hydroxylation is 1. The summed E-state index contributed by atoms with van der Waals surface area (Å²) in [5.41, 5.74) is 3.72. The maximum absolute atomic E-state index is 13.6. The Hall–Kier alpha value is -4.11. The Morgan fingerprint density at radius 3 is 2.18 bits per heavy atom. The van der Waals surface area contributed by atoms with E-state index in [-0.39, 0.29) is 19.0 Å². The first-order chi connectivity index (χ1) is 18.3. The maximum atomic E-state index is 13.6. The first-order valence-corrected chi connectivity index (χ1v) is 12.6. The quantitative estimate of drug-likeness (QED) is 0.225. The third kappa shape index (κ3) is 4.89. The molecule has 5 nitrogen and oxygen atoms in total. The smallest absolute Gasteiger partial charge is 0.416 e. The molecule has 0 saturated heterocycles. The first-order valence-electron chi connectivity index (χ1n) is 11.7. The van der Waals surface area contributed by atoms with Gasteiger partial charge >= 0.3 is 6.18 Å².